The van der Waals surface area contributed by atoms with Gasteiger partial charge in [0.15, 0.2) is 0 Å². The Bertz CT molecular complexity index is 179. The molecule has 1 saturated heterocycles. The fourth-order valence-corrected chi connectivity index (χ4v) is 1.46. The minimum absolute atomic E-state index is 0.608. The molecule has 1 rings (SSSR count). The number of allylic oxidation sites excluding steroid dienone is 2. The molecule has 0 bridgehead atoms. The maximum absolute atomic E-state index is 3.99. The Morgan fingerprint density at radius 3 is 3.00 bits per heavy atom. The molecule has 62 valence electrons. The van der Waals surface area contributed by atoms with E-state index in [1.807, 2.05) is 0 Å². The van der Waals surface area contributed by atoms with Crippen LogP contribution >= 0.6 is 0 Å². The highest BCUT2D eigenvalue weighted by atomic mass is 14.9. The van der Waals surface area contributed by atoms with Gasteiger partial charge in [0.05, 0.1) is 0 Å². The first-order valence-electron chi connectivity index (χ1n) is 4.39. The van der Waals surface area contributed by atoms with Crippen LogP contribution in [0.2, 0.25) is 0 Å². The molecule has 0 saturated carbocycles. The maximum atomic E-state index is 3.99. The van der Waals surface area contributed by atoms with Crippen molar-refractivity contribution in [3.8, 4) is 0 Å². The molecule has 1 unspecified atom stereocenters. The van der Waals surface area contributed by atoms with Crippen molar-refractivity contribution < 1.29 is 0 Å². The Morgan fingerprint density at radius 2 is 2.45 bits per heavy atom. The molecule has 0 aliphatic carbocycles. The summed E-state index contributed by atoms with van der Waals surface area (Å²) >= 11 is 0. The van der Waals surface area contributed by atoms with Gasteiger partial charge < -0.3 is 5.32 Å². The van der Waals surface area contributed by atoms with Gasteiger partial charge in [0.2, 0.25) is 0 Å². The van der Waals surface area contributed by atoms with Crippen LogP contribution in [0, 0.1) is 0 Å². The molecule has 1 aliphatic rings. The molecule has 11 heavy (non-hydrogen) atoms. The Hall–Kier alpha value is -0.720. The van der Waals surface area contributed by atoms with Gasteiger partial charge in [-0.3, -0.25) is 0 Å². The summed E-state index contributed by atoms with van der Waals surface area (Å²) < 4.78 is 0. The van der Waals surface area contributed by atoms with E-state index in [1.165, 1.54) is 18.4 Å². The molecular formula is C10H17N. The molecule has 0 aromatic rings. The average molecular weight is 151 g/mol. The molecule has 1 heterocycles. The van der Waals surface area contributed by atoms with E-state index in [0.29, 0.717) is 6.04 Å². The van der Waals surface area contributed by atoms with Gasteiger partial charge in [-0.1, -0.05) is 19.6 Å². The highest BCUT2D eigenvalue weighted by Crippen LogP contribution is 2.20. The van der Waals surface area contributed by atoms with Gasteiger partial charge in [-0.2, -0.15) is 0 Å². The van der Waals surface area contributed by atoms with Crippen molar-refractivity contribution in [2.75, 3.05) is 0 Å². The zero-order valence-electron chi connectivity index (χ0n) is 7.48. The van der Waals surface area contributed by atoms with Crippen LogP contribution in [0.15, 0.2) is 23.9 Å². The summed E-state index contributed by atoms with van der Waals surface area (Å²) in [7, 11) is 0. The van der Waals surface area contributed by atoms with Gasteiger partial charge in [0.25, 0.3) is 0 Å². The first kappa shape index (κ1) is 8.38. The van der Waals surface area contributed by atoms with Crippen LogP contribution in [0.5, 0.6) is 0 Å². The predicted molar refractivity (Wildman–Crippen MR) is 49.3 cm³/mol. The number of rotatable bonds is 1. The summed E-state index contributed by atoms with van der Waals surface area (Å²) in [6, 6.07) is 0.608. The summed E-state index contributed by atoms with van der Waals surface area (Å²) in [5.74, 6) is 0. The molecule has 1 nitrogen and oxygen atoms in total. The SMILES string of the molecule is C=C1NC(C)CC/C1=C/CC. The van der Waals surface area contributed by atoms with Crippen LogP contribution < -0.4 is 5.32 Å². The normalized spacial score (nSPS) is 28.7. The molecular weight excluding hydrogens is 134 g/mol. The Morgan fingerprint density at radius 1 is 1.73 bits per heavy atom. The molecule has 1 atom stereocenters. The van der Waals surface area contributed by atoms with E-state index in [9.17, 15) is 0 Å². The molecule has 0 amide bonds. The minimum atomic E-state index is 0.608. The Balaban J connectivity index is 2.58. The van der Waals surface area contributed by atoms with Crippen molar-refractivity contribution in [1.29, 1.82) is 0 Å². The largest absolute Gasteiger partial charge is 0.383 e. The van der Waals surface area contributed by atoms with Gasteiger partial charge in [-0.25, -0.2) is 0 Å². The van der Waals surface area contributed by atoms with Gasteiger partial charge in [-0.05, 0) is 31.8 Å². The zero-order valence-corrected chi connectivity index (χ0v) is 7.48. The molecule has 1 heteroatoms. The van der Waals surface area contributed by atoms with Crippen molar-refractivity contribution in [2.24, 2.45) is 0 Å². The van der Waals surface area contributed by atoms with Crippen LogP contribution in [0.25, 0.3) is 0 Å². The molecule has 1 fully saturated rings. The smallest absolute Gasteiger partial charge is 0.0298 e. The van der Waals surface area contributed by atoms with Gasteiger partial charge >= 0.3 is 0 Å². The van der Waals surface area contributed by atoms with E-state index in [1.54, 1.807) is 0 Å². The van der Waals surface area contributed by atoms with Crippen molar-refractivity contribution in [1.82, 2.24) is 5.32 Å². The van der Waals surface area contributed by atoms with Crippen molar-refractivity contribution in [3.63, 3.8) is 0 Å². The molecule has 0 radical (unpaired) electrons. The highest BCUT2D eigenvalue weighted by molar-refractivity contribution is 5.29. The third-order valence-corrected chi connectivity index (χ3v) is 2.11. The highest BCUT2D eigenvalue weighted by Gasteiger charge is 2.13. The third kappa shape index (κ3) is 2.11. The first-order chi connectivity index (χ1) is 5.24. The summed E-state index contributed by atoms with van der Waals surface area (Å²) in [6.07, 6.45) is 5.82. The molecule has 1 aliphatic heterocycles. The molecule has 0 spiro atoms. The molecule has 0 aromatic heterocycles. The summed E-state index contributed by atoms with van der Waals surface area (Å²) in [5, 5.41) is 3.35. The second-order valence-electron chi connectivity index (χ2n) is 3.20. The van der Waals surface area contributed by atoms with E-state index >= 15 is 0 Å². The fourth-order valence-electron chi connectivity index (χ4n) is 1.46. The fraction of sp³-hybridized carbons (Fsp3) is 0.600. The number of nitrogens with one attached hydrogen (secondary N) is 1. The van der Waals surface area contributed by atoms with E-state index in [0.717, 1.165) is 12.1 Å². The van der Waals surface area contributed by atoms with Gasteiger partial charge in [-0.15, -0.1) is 0 Å². The lowest BCUT2D eigenvalue weighted by Crippen LogP contribution is -2.30. The second-order valence-corrected chi connectivity index (χ2v) is 3.20. The number of hydrogen-bond acceptors (Lipinski definition) is 1. The lowest BCUT2D eigenvalue weighted by molar-refractivity contribution is 0.531. The third-order valence-electron chi connectivity index (χ3n) is 2.11. The number of hydrogen-bond donors (Lipinski definition) is 1. The summed E-state index contributed by atoms with van der Waals surface area (Å²) in [6.45, 7) is 8.35. The second kappa shape index (κ2) is 3.61. The van der Waals surface area contributed by atoms with Crippen LogP contribution in [-0.4, -0.2) is 6.04 Å². The van der Waals surface area contributed by atoms with E-state index < -0.39 is 0 Å². The standard InChI is InChI=1S/C10H17N/c1-4-5-10-7-6-8(2)11-9(10)3/h5,8,11H,3-4,6-7H2,1-2H3/b10-5-. The van der Waals surface area contributed by atoms with Gasteiger partial charge in [0, 0.05) is 11.7 Å². The quantitative estimate of drug-likeness (QED) is 0.607. The lowest BCUT2D eigenvalue weighted by atomic mass is 9.98. The topological polar surface area (TPSA) is 12.0 Å². The van der Waals surface area contributed by atoms with Crippen LogP contribution in [0.3, 0.4) is 0 Å². The number of piperidine rings is 1. The minimum Gasteiger partial charge on any atom is -0.383 e. The van der Waals surface area contributed by atoms with Crippen LogP contribution in [0.1, 0.15) is 33.1 Å². The molecule has 1 N–H and O–H groups in total. The van der Waals surface area contributed by atoms with E-state index in [4.69, 9.17) is 0 Å². The average Bonchev–Trinajstić information content (AvgIpc) is 1.95. The van der Waals surface area contributed by atoms with E-state index in [-0.39, 0.29) is 0 Å². The van der Waals surface area contributed by atoms with Gasteiger partial charge in [0.1, 0.15) is 0 Å². The Labute approximate surface area is 69.2 Å². The van der Waals surface area contributed by atoms with Crippen LogP contribution in [0.4, 0.5) is 0 Å². The maximum Gasteiger partial charge on any atom is 0.0298 e. The summed E-state index contributed by atoms with van der Waals surface area (Å²) in [5.41, 5.74) is 2.54. The van der Waals surface area contributed by atoms with Crippen LogP contribution in [-0.2, 0) is 0 Å². The summed E-state index contributed by atoms with van der Waals surface area (Å²) in [4.78, 5) is 0. The van der Waals surface area contributed by atoms with E-state index in [2.05, 4.69) is 31.8 Å². The van der Waals surface area contributed by atoms with Crippen molar-refractivity contribution in [3.05, 3.63) is 23.9 Å². The zero-order chi connectivity index (χ0) is 8.27. The Kier molecular flexibility index (Phi) is 2.75. The molecule has 0 aromatic carbocycles. The predicted octanol–water partition coefficient (Wildman–Crippen LogP) is 2.61. The lowest BCUT2D eigenvalue weighted by Gasteiger charge is -2.25. The van der Waals surface area contributed by atoms with Crippen molar-refractivity contribution >= 4 is 0 Å². The monoisotopic (exact) mass is 151 g/mol. The first-order valence-corrected chi connectivity index (χ1v) is 4.39. The van der Waals surface area contributed by atoms with Crippen molar-refractivity contribution in [2.45, 2.75) is 39.2 Å².